The van der Waals surface area contributed by atoms with Gasteiger partial charge in [-0.1, -0.05) is 176 Å². The highest BCUT2D eigenvalue weighted by molar-refractivity contribution is 6.30. The number of aromatic carboxylic acids is 1. The first-order chi connectivity index (χ1) is 53.3. The van der Waals surface area contributed by atoms with Crippen LogP contribution in [0.1, 0.15) is 156 Å². The number of ether oxygens (including phenoxy) is 3. The molecule has 12 aromatic carbocycles. The van der Waals surface area contributed by atoms with Crippen LogP contribution in [0.25, 0.3) is 44.5 Å². The summed E-state index contributed by atoms with van der Waals surface area (Å²) in [5.41, 5.74) is 20.0. The molecule has 8 N–H and O–H groups in total. The molecule has 12 aromatic rings. The van der Waals surface area contributed by atoms with Crippen LogP contribution in [0.4, 0.5) is 22.7 Å². The van der Waals surface area contributed by atoms with Gasteiger partial charge in [0.2, 0.25) is 6.29 Å². The maximum absolute atomic E-state index is 13.0. The summed E-state index contributed by atoms with van der Waals surface area (Å²) in [5.74, 6) is -3.19. The molecule has 4 aliphatic rings. The van der Waals surface area contributed by atoms with E-state index >= 15 is 0 Å². The normalized spacial score (nSPS) is 12.1. The second-order valence-corrected chi connectivity index (χ2v) is 25.1. The number of hydrogen-bond donors (Lipinski definition) is 7. The molecule has 0 radical (unpaired) electrons. The summed E-state index contributed by atoms with van der Waals surface area (Å²) >= 11 is 0. The zero-order valence-electron chi connectivity index (χ0n) is 58.2. The molecule has 0 spiro atoms. The first-order valence-electron chi connectivity index (χ1n) is 33.9. The predicted octanol–water partition coefficient (Wildman–Crippen LogP) is 14.8. The Hall–Kier alpha value is -15.0. The van der Waals surface area contributed by atoms with Crippen molar-refractivity contribution in [2.24, 2.45) is 5.73 Å². The van der Waals surface area contributed by atoms with Gasteiger partial charge in [0.05, 0.1) is 40.6 Å². The molecule has 0 aliphatic heterocycles. The number of carboxylic acids is 1. The van der Waals surface area contributed by atoms with Crippen LogP contribution in [0.2, 0.25) is 0 Å². The number of carbonyl (C=O) groups excluding carboxylic acids is 11. The summed E-state index contributed by atoms with van der Waals surface area (Å²) in [4.78, 5) is 146. The van der Waals surface area contributed by atoms with Gasteiger partial charge in [0.1, 0.15) is 5.75 Å². The van der Waals surface area contributed by atoms with Crippen LogP contribution in [0, 0.1) is 0 Å². The Bertz CT molecular complexity index is 5690. The number of Topliss-reactive ketones (excluding diaryl/α,β-unsaturated/α-hetero) is 1. The van der Waals surface area contributed by atoms with Crippen LogP contribution in [0.15, 0.2) is 261 Å². The number of amides is 4. The fraction of sp³-hybridized carbons (Fsp3) is 0.0455. The number of fused-ring (bicyclic) bond motifs is 12. The number of aliphatic hydroxyl groups is 1. The highest BCUT2D eigenvalue weighted by Gasteiger charge is 2.35. The Balaban J connectivity index is 0.000000129. The van der Waals surface area contributed by atoms with E-state index in [-0.39, 0.29) is 64.1 Å². The number of nitrogens with two attached hydrogens (primary N) is 1. The molecule has 0 unspecified atom stereocenters. The van der Waals surface area contributed by atoms with Crippen molar-refractivity contribution < 1.29 is 82.0 Å². The summed E-state index contributed by atoms with van der Waals surface area (Å²) in [6.07, 6.45) is -2.35. The Labute approximate surface area is 626 Å². The van der Waals surface area contributed by atoms with Gasteiger partial charge in [-0.05, 0) is 136 Å². The largest absolute Gasteiger partial charge is 0.495 e. The number of anilines is 4. The van der Waals surface area contributed by atoms with Gasteiger partial charge in [-0.15, -0.1) is 0 Å². The second-order valence-electron chi connectivity index (χ2n) is 25.1. The number of aliphatic hydroxyl groups excluding tert-OH is 1. The Morgan fingerprint density at radius 3 is 1.05 bits per heavy atom. The molecular formula is C88H61N5O17. The van der Waals surface area contributed by atoms with Crippen LogP contribution in [-0.4, -0.2) is 88.8 Å². The maximum Gasteiger partial charge on any atom is 0.335 e. The molecule has 110 heavy (non-hydrogen) atoms. The van der Waals surface area contributed by atoms with Crippen molar-refractivity contribution in [3.8, 4) is 50.3 Å². The molecule has 0 bridgehead atoms. The lowest BCUT2D eigenvalue weighted by Crippen LogP contribution is -2.17. The van der Waals surface area contributed by atoms with E-state index in [4.69, 9.17) is 20.3 Å². The molecule has 0 aromatic heterocycles. The third kappa shape index (κ3) is 14.6. The Kier molecular flexibility index (Phi) is 21.2. The number of methoxy groups -OCH3 is 1. The highest BCUT2D eigenvalue weighted by Crippen LogP contribution is 2.43. The lowest BCUT2D eigenvalue weighted by Gasteiger charge is -2.13. The average molecular weight is 1460 g/mol. The lowest BCUT2D eigenvalue weighted by atomic mass is 10.00. The van der Waals surface area contributed by atoms with Crippen molar-refractivity contribution in [2.75, 3.05) is 28.4 Å². The molecule has 22 heteroatoms. The summed E-state index contributed by atoms with van der Waals surface area (Å²) in [6, 6.07) is 73.7. The van der Waals surface area contributed by atoms with Gasteiger partial charge in [-0.3, -0.25) is 58.5 Å². The van der Waals surface area contributed by atoms with E-state index in [9.17, 15) is 62.6 Å². The van der Waals surface area contributed by atoms with E-state index in [1.807, 2.05) is 72.8 Å². The number of carbonyl (C=O) groups is 12. The van der Waals surface area contributed by atoms with E-state index < -0.39 is 42.1 Å². The van der Waals surface area contributed by atoms with Crippen molar-refractivity contribution >= 4 is 94.2 Å². The number of hydrogen-bond acceptors (Lipinski definition) is 17. The molecule has 16 rings (SSSR count). The molecule has 22 nitrogen and oxygen atoms in total. The first-order valence-corrected chi connectivity index (χ1v) is 33.9. The minimum atomic E-state index is -1.42. The van der Waals surface area contributed by atoms with Gasteiger partial charge in [0.15, 0.2) is 35.1 Å². The predicted molar refractivity (Wildman–Crippen MR) is 409 cm³/mol. The van der Waals surface area contributed by atoms with Crippen LogP contribution in [0.5, 0.6) is 5.75 Å². The minimum absolute atomic E-state index is 0.0737. The molecule has 0 heterocycles. The number of nitrogens with one attached hydrogen (secondary N) is 4. The topological polar surface area (TPSA) is 347 Å². The van der Waals surface area contributed by atoms with E-state index in [2.05, 4.69) is 26.0 Å². The summed E-state index contributed by atoms with van der Waals surface area (Å²) in [5, 5.41) is 29.8. The van der Waals surface area contributed by atoms with Crippen molar-refractivity contribution in [2.45, 2.75) is 19.4 Å². The fourth-order valence-electron chi connectivity index (χ4n) is 13.4. The molecular weight excluding hydrogens is 1400 g/mol. The van der Waals surface area contributed by atoms with Gasteiger partial charge in [0, 0.05) is 78.3 Å². The van der Waals surface area contributed by atoms with E-state index in [0.717, 1.165) is 44.5 Å². The molecule has 4 amide bonds. The Morgan fingerprint density at radius 1 is 0.364 bits per heavy atom. The summed E-state index contributed by atoms with van der Waals surface area (Å²) in [7, 11) is 1.48. The number of ketones is 5. The number of carboxylic acid groups (broad SMARTS) is 1. The van der Waals surface area contributed by atoms with Gasteiger partial charge >= 0.3 is 5.97 Å². The van der Waals surface area contributed by atoms with Crippen LogP contribution in [-0.2, 0) is 19.1 Å². The second kappa shape index (κ2) is 31.8. The molecule has 4 aliphatic carbocycles. The molecule has 0 saturated carbocycles. The Morgan fingerprint density at radius 2 is 0.691 bits per heavy atom. The first kappa shape index (κ1) is 73.3. The van der Waals surface area contributed by atoms with E-state index in [1.54, 1.807) is 170 Å². The average Bonchev–Trinajstić information content (AvgIpc) is 1.61. The van der Waals surface area contributed by atoms with E-state index in [0.29, 0.717) is 95.3 Å². The highest BCUT2D eigenvalue weighted by atomic mass is 16.6. The van der Waals surface area contributed by atoms with Gasteiger partial charge in [-0.25, -0.2) is 4.79 Å². The minimum Gasteiger partial charge on any atom is -0.495 e. The summed E-state index contributed by atoms with van der Waals surface area (Å²) < 4.78 is 14.5. The fourth-order valence-corrected chi connectivity index (χ4v) is 13.4. The van der Waals surface area contributed by atoms with Crippen molar-refractivity contribution in [3.63, 3.8) is 0 Å². The monoisotopic (exact) mass is 1460 g/mol. The van der Waals surface area contributed by atoms with E-state index in [1.165, 1.54) is 32.2 Å². The van der Waals surface area contributed by atoms with Gasteiger partial charge in [0.25, 0.3) is 36.6 Å². The third-order valence-corrected chi connectivity index (χ3v) is 18.5. The molecule has 0 fully saturated rings. The van der Waals surface area contributed by atoms with Crippen LogP contribution < -0.4 is 31.7 Å². The summed E-state index contributed by atoms with van der Waals surface area (Å²) in [6.45, 7) is 1.87. The van der Waals surface area contributed by atoms with Crippen molar-refractivity contribution in [1.29, 1.82) is 0 Å². The zero-order chi connectivity index (χ0) is 77.4. The van der Waals surface area contributed by atoms with Crippen LogP contribution in [0.3, 0.4) is 0 Å². The van der Waals surface area contributed by atoms with Crippen molar-refractivity contribution in [3.05, 3.63) is 350 Å². The maximum atomic E-state index is 13.0. The van der Waals surface area contributed by atoms with Gasteiger partial charge < -0.3 is 45.7 Å². The third-order valence-electron chi connectivity index (χ3n) is 18.5. The molecule has 0 saturated heterocycles. The van der Waals surface area contributed by atoms with Crippen LogP contribution >= 0.6 is 0 Å². The standard InChI is InChI=1S/C23H17NO4.C22H16N2O4.C22H15NO5.C21H13NO4/c1-13(25)14-10-11-20(28-2)19(12-14)24-23(27)18-9-5-8-16-15-6-3-4-7-17(15)22(26)21(16)18;23-21(28-12-25)13-5-3-6-14(11-13)24-22(27)18-10-4-9-16-15-7-1-2-8-17(15)20(26)19(16)18;24-12-28-22(27)13-5-3-6-14(11-13)23-21(26)18-10-4-9-16-15-7-1-2-8-17(15)20(25)19(16)18;23-19-16-8-2-1-7-14(16)15-9-4-10-17(18(15)19)20(24)22-13-6-3-5-12(11-13)21(25)26/h3-12H,1-2H3,(H,24,27);1-12,21H,23H2,(H,24,27);1-12,22,27H,(H,23,26);1-11H,(H,22,24)(H,25,26)/t;21-;22-;/m.11./s1. The molecule has 2 atom stereocenters. The smallest absolute Gasteiger partial charge is 0.335 e. The van der Waals surface area contributed by atoms with Crippen molar-refractivity contribution in [1.82, 2.24) is 0 Å². The lowest BCUT2D eigenvalue weighted by molar-refractivity contribution is -0.153. The number of benzene rings is 12. The quantitative estimate of drug-likeness (QED) is 0.0253. The molecule has 540 valence electrons. The number of rotatable bonds is 17. The SMILES string of the molecule is COc1ccc(C(C)=O)cc1NC(=O)c1cccc2c1C(=O)c1ccccc1-2.N[C@H](OC=O)c1cccc(NC(=O)c2cccc3c2C(=O)c2ccccc2-3)c1.O=C(O)c1cccc(NC(=O)c2cccc3c2C(=O)c2ccccc2-3)c1.O=CO[C@@H](O)c1cccc(NC(=O)c2cccc3c2C(=O)c2ccccc2-3)c1. The van der Waals surface area contributed by atoms with Gasteiger partial charge in [-0.2, -0.15) is 0 Å². The zero-order valence-corrected chi connectivity index (χ0v) is 58.2.